The molecule has 2 aromatic rings. The molecule has 4 nitrogen and oxygen atoms in total. The average Bonchev–Trinajstić information content (AvgIpc) is 2.89. The zero-order valence-electron chi connectivity index (χ0n) is 10.6. The van der Waals surface area contributed by atoms with Gasteiger partial charge in [-0.3, -0.25) is 5.10 Å². The number of aromatic nitrogens is 2. The highest BCUT2D eigenvalue weighted by molar-refractivity contribution is 6.33. The molecule has 1 aliphatic rings. The van der Waals surface area contributed by atoms with Gasteiger partial charge in [-0.25, -0.2) is 0 Å². The lowest BCUT2D eigenvalue weighted by Crippen LogP contribution is -2.43. The second kappa shape index (κ2) is 5.23. The molecule has 19 heavy (non-hydrogen) atoms. The molecule has 3 N–H and O–H groups in total. The number of anilines is 1. The Morgan fingerprint density at radius 3 is 3.00 bits per heavy atom. The lowest BCUT2D eigenvalue weighted by atomic mass is 10.1. The van der Waals surface area contributed by atoms with Crippen molar-refractivity contribution in [3.05, 3.63) is 35.4 Å². The van der Waals surface area contributed by atoms with Gasteiger partial charge in [0.1, 0.15) is 0 Å². The van der Waals surface area contributed by atoms with Gasteiger partial charge in [-0.15, -0.1) is 0 Å². The maximum absolute atomic E-state index is 6.20. The number of rotatable bonds is 2. The standard InChI is InChI=1S/C14H17ClN4/c15-12-6-2-1-5-11(12)13-8-14(18-17-13)19-7-3-4-10(16)9-19/h1-2,5-6,8,10H,3-4,7,9,16H2,(H,17,18). The summed E-state index contributed by atoms with van der Waals surface area (Å²) in [5, 5.41) is 8.17. The summed E-state index contributed by atoms with van der Waals surface area (Å²) in [5.41, 5.74) is 7.92. The van der Waals surface area contributed by atoms with Gasteiger partial charge in [0.15, 0.2) is 5.82 Å². The molecule has 0 saturated carbocycles. The third-order valence-corrected chi connectivity index (χ3v) is 3.84. The van der Waals surface area contributed by atoms with Crippen LogP contribution in [0.2, 0.25) is 5.02 Å². The van der Waals surface area contributed by atoms with Crippen LogP contribution in [0.1, 0.15) is 12.8 Å². The number of piperidine rings is 1. The first-order chi connectivity index (χ1) is 9.24. The van der Waals surface area contributed by atoms with E-state index in [1.54, 1.807) is 0 Å². The highest BCUT2D eigenvalue weighted by Crippen LogP contribution is 2.28. The number of H-pyrrole nitrogens is 1. The van der Waals surface area contributed by atoms with E-state index in [1.807, 2.05) is 30.3 Å². The minimum Gasteiger partial charge on any atom is -0.354 e. The Morgan fingerprint density at radius 1 is 1.37 bits per heavy atom. The summed E-state index contributed by atoms with van der Waals surface area (Å²) >= 11 is 6.20. The smallest absolute Gasteiger partial charge is 0.151 e. The van der Waals surface area contributed by atoms with Gasteiger partial charge >= 0.3 is 0 Å². The predicted molar refractivity (Wildman–Crippen MR) is 78.5 cm³/mol. The first-order valence-corrected chi connectivity index (χ1v) is 6.92. The van der Waals surface area contributed by atoms with Gasteiger partial charge < -0.3 is 10.6 Å². The van der Waals surface area contributed by atoms with Gasteiger partial charge in [0.25, 0.3) is 0 Å². The Labute approximate surface area is 117 Å². The third kappa shape index (κ3) is 2.60. The van der Waals surface area contributed by atoms with Crippen LogP contribution in [0.5, 0.6) is 0 Å². The minimum absolute atomic E-state index is 0.245. The summed E-state index contributed by atoms with van der Waals surface area (Å²) in [5.74, 6) is 0.949. The number of nitrogens with one attached hydrogen (secondary N) is 1. The Kier molecular flexibility index (Phi) is 3.44. The summed E-state index contributed by atoms with van der Waals surface area (Å²) in [6, 6.07) is 10.1. The van der Waals surface area contributed by atoms with Crippen LogP contribution in [-0.2, 0) is 0 Å². The van der Waals surface area contributed by atoms with Crippen LogP contribution in [0.25, 0.3) is 11.3 Å². The van der Waals surface area contributed by atoms with Crippen molar-refractivity contribution >= 4 is 17.4 Å². The summed E-state index contributed by atoms with van der Waals surface area (Å²) in [6.07, 6.45) is 2.22. The number of nitrogens with two attached hydrogens (primary N) is 1. The molecule has 1 aliphatic heterocycles. The summed E-state index contributed by atoms with van der Waals surface area (Å²) in [6.45, 7) is 1.88. The molecule has 0 amide bonds. The monoisotopic (exact) mass is 276 g/mol. The minimum atomic E-state index is 0.245. The average molecular weight is 277 g/mol. The third-order valence-electron chi connectivity index (χ3n) is 3.51. The van der Waals surface area contributed by atoms with Crippen LogP contribution in [0.4, 0.5) is 5.82 Å². The van der Waals surface area contributed by atoms with E-state index in [1.165, 1.54) is 0 Å². The summed E-state index contributed by atoms with van der Waals surface area (Å²) in [4.78, 5) is 2.23. The highest BCUT2D eigenvalue weighted by Gasteiger charge is 2.19. The first kappa shape index (κ1) is 12.5. The molecule has 2 heterocycles. The van der Waals surface area contributed by atoms with Crippen molar-refractivity contribution in [2.75, 3.05) is 18.0 Å². The zero-order chi connectivity index (χ0) is 13.2. The predicted octanol–water partition coefficient (Wildman–Crippen LogP) is 2.66. The Balaban J connectivity index is 1.85. The van der Waals surface area contributed by atoms with E-state index < -0.39 is 0 Å². The molecule has 3 rings (SSSR count). The molecule has 0 spiro atoms. The van der Waals surface area contributed by atoms with Crippen molar-refractivity contribution in [2.24, 2.45) is 5.73 Å². The number of halogens is 1. The fourth-order valence-corrected chi connectivity index (χ4v) is 2.75. The Bertz CT molecular complexity index is 566. The van der Waals surface area contributed by atoms with Crippen LogP contribution in [-0.4, -0.2) is 29.3 Å². The Morgan fingerprint density at radius 2 is 2.21 bits per heavy atom. The van der Waals surface area contributed by atoms with Crippen molar-refractivity contribution in [1.82, 2.24) is 10.2 Å². The molecule has 0 aliphatic carbocycles. The lowest BCUT2D eigenvalue weighted by molar-refractivity contribution is 0.503. The van der Waals surface area contributed by atoms with Crippen molar-refractivity contribution in [3.63, 3.8) is 0 Å². The quantitative estimate of drug-likeness (QED) is 0.887. The molecular weight excluding hydrogens is 260 g/mol. The molecule has 1 saturated heterocycles. The van der Waals surface area contributed by atoms with E-state index in [0.29, 0.717) is 0 Å². The molecule has 1 unspecified atom stereocenters. The van der Waals surface area contributed by atoms with Crippen molar-refractivity contribution < 1.29 is 0 Å². The van der Waals surface area contributed by atoms with Crippen LogP contribution in [0.3, 0.4) is 0 Å². The van der Waals surface area contributed by atoms with Gasteiger partial charge in [-0.05, 0) is 18.9 Å². The number of hydrogen-bond donors (Lipinski definition) is 2. The van der Waals surface area contributed by atoms with Crippen molar-refractivity contribution in [3.8, 4) is 11.3 Å². The second-order valence-corrected chi connectivity index (χ2v) is 5.38. The summed E-state index contributed by atoms with van der Waals surface area (Å²) in [7, 11) is 0. The number of nitrogens with zero attached hydrogens (tertiary/aromatic N) is 2. The molecule has 5 heteroatoms. The molecule has 1 aromatic carbocycles. The van der Waals surface area contributed by atoms with Crippen LogP contribution < -0.4 is 10.6 Å². The second-order valence-electron chi connectivity index (χ2n) is 4.97. The maximum Gasteiger partial charge on any atom is 0.151 e. The number of hydrogen-bond acceptors (Lipinski definition) is 3. The molecule has 1 aromatic heterocycles. The van der Waals surface area contributed by atoms with E-state index in [2.05, 4.69) is 15.1 Å². The van der Waals surface area contributed by atoms with Gasteiger partial charge in [-0.2, -0.15) is 5.10 Å². The largest absolute Gasteiger partial charge is 0.354 e. The zero-order valence-corrected chi connectivity index (χ0v) is 11.4. The fourth-order valence-electron chi connectivity index (χ4n) is 2.51. The molecule has 1 atom stereocenters. The number of aromatic amines is 1. The number of benzene rings is 1. The molecule has 1 fully saturated rings. The summed E-state index contributed by atoms with van der Waals surface area (Å²) < 4.78 is 0. The maximum atomic E-state index is 6.20. The Hall–Kier alpha value is -1.52. The van der Waals surface area contributed by atoms with Crippen molar-refractivity contribution in [2.45, 2.75) is 18.9 Å². The molecule has 0 radical (unpaired) electrons. The van der Waals surface area contributed by atoms with E-state index in [0.717, 1.165) is 48.0 Å². The van der Waals surface area contributed by atoms with Gasteiger partial charge in [0.05, 0.1) is 5.69 Å². The van der Waals surface area contributed by atoms with Crippen LogP contribution in [0.15, 0.2) is 30.3 Å². The molecule has 100 valence electrons. The van der Waals surface area contributed by atoms with E-state index in [-0.39, 0.29) is 6.04 Å². The van der Waals surface area contributed by atoms with Gasteiger partial charge in [0, 0.05) is 35.8 Å². The SMILES string of the molecule is NC1CCCN(c2cc(-c3ccccc3Cl)[nH]n2)C1. The van der Waals surface area contributed by atoms with E-state index in [4.69, 9.17) is 17.3 Å². The van der Waals surface area contributed by atoms with Crippen LogP contribution >= 0.6 is 11.6 Å². The van der Waals surface area contributed by atoms with Crippen molar-refractivity contribution in [1.29, 1.82) is 0 Å². The van der Waals surface area contributed by atoms with Gasteiger partial charge in [0.2, 0.25) is 0 Å². The molecular formula is C14H17ClN4. The lowest BCUT2D eigenvalue weighted by Gasteiger charge is -2.30. The first-order valence-electron chi connectivity index (χ1n) is 6.55. The van der Waals surface area contributed by atoms with E-state index >= 15 is 0 Å². The van der Waals surface area contributed by atoms with E-state index in [9.17, 15) is 0 Å². The van der Waals surface area contributed by atoms with Crippen LogP contribution in [0, 0.1) is 0 Å². The van der Waals surface area contributed by atoms with Gasteiger partial charge in [-0.1, -0.05) is 29.8 Å². The molecule has 0 bridgehead atoms. The fraction of sp³-hybridized carbons (Fsp3) is 0.357. The highest BCUT2D eigenvalue weighted by atomic mass is 35.5. The topological polar surface area (TPSA) is 57.9 Å². The normalized spacial score (nSPS) is 19.7.